The van der Waals surface area contributed by atoms with E-state index >= 15 is 0 Å². The summed E-state index contributed by atoms with van der Waals surface area (Å²) < 4.78 is 13.8. The molecule has 2 aromatic rings. The monoisotopic (exact) mass is 314 g/mol. The van der Waals surface area contributed by atoms with Crippen LogP contribution in [0.2, 0.25) is 0 Å². The summed E-state index contributed by atoms with van der Waals surface area (Å²) in [6.07, 6.45) is 5.79. The van der Waals surface area contributed by atoms with Crippen LogP contribution in [0, 0.1) is 12.7 Å². The number of likely N-dealkylation sites (tertiary alicyclic amines) is 1. The second-order valence-corrected chi connectivity index (χ2v) is 6.27. The molecule has 122 valence electrons. The molecule has 3 rings (SSSR count). The van der Waals surface area contributed by atoms with E-state index in [1.807, 2.05) is 31.5 Å². The summed E-state index contributed by atoms with van der Waals surface area (Å²) in [6.45, 7) is 4.61. The first-order valence-corrected chi connectivity index (χ1v) is 8.11. The lowest BCUT2D eigenvalue weighted by Gasteiger charge is -2.36. The molecule has 2 heterocycles. The molecule has 0 amide bonds. The average molecular weight is 314 g/mol. The Kier molecular flexibility index (Phi) is 4.86. The Morgan fingerprint density at radius 3 is 2.48 bits per heavy atom. The molecule has 0 atom stereocenters. The fourth-order valence-electron chi connectivity index (χ4n) is 3.06. The second-order valence-electron chi connectivity index (χ2n) is 6.27. The molecule has 0 spiro atoms. The number of rotatable bonds is 4. The van der Waals surface area contributed by atoms with Crippen molar-refractivity contribution < 1.29 is 4.39 Å². The molecule has 1 aromatic heterocycles. The van der Waals surface area contributed by atoms with Crippen LogP contribution in [0.1, 0.15) is 24.0 Å². The molecule has 23 heavy (non-hydrogen) atoms. The number of aromatic nitrogens is 2. The first-order chi connectivity index (χ1) is 11.1. The van der Waals surface area contributed by atoms with Crippen LogP contribution in [0.15, 0.2) is 36.7 Å². The SMILES string of the molecule is Cc1cnc(N(C)C2CCN(Cc3ccccc3F)CC2)nc1. The third kappa shape index (κ3) is 3.85. The van der Waals surface area contributed by atoms with Gasteiger partial charge in [-0.1, -0.05) is 18.2 Å². The third-order valence-corrected chi connectivity index (χ3v) is 4.54. The summed E-state index contributed by atoms with van der Waals surface area (Å²) in [5.74, 6) is 0.669. The Labute approximate surface area is 137 Å². The lowest BCUT2D eigenvalue weighted by Crippen LogP contribution is -2.43. The van der Waals surface area contributed by atoms with E-state index < -0.39 is 0 Å². The fraction of sp³-hybridized carbons (Fsp3) is 0.444. The van der Waals surface area contributed by atoms with Crippen LogP contribution in [-0.4, -0.2) is 41.0 Å². The molecule has 0 unspecified atom stereocenters. The molecule has 1 fully saturated rings. The van der Waals surface area contributed by atoms with E-state index in [0.717, 1.165) is 43.0 Å². The van der Waals surface area contributed by atoms with Gasteiger partial charge >= 0.3 is 0 Å². The van der Waals surface area contributed by atoms with E-state index in [4.69, 9.17) is 0 Å². The second kappa shape index (κ2) is 7.04. The van der Waals surface area contributed by atoms with Crippen LogP contribution in [0.3, 0.4) is 0 Å². The predicted octanol–water partition coefficient (Wildman–Crippen LogP) is 3.02. The summed E-state index contributed by atoms with van der Waals surface area (Å²) >= 11 is 0. The Bertz CT molecular complexity index is 636. The normalized spacial score (nSPS) is 16.5. The van der Waals surface area contributed by atoms with Crippen molar-refractivity contribution in [3.63, 3.8) is 0 Å². The maximum absolute atomic E-state index is 13.8. The Morgan fingerprint density at radius 1 is 1.17 bits per heavy atom. The van der Waals surface area contributed by atoms with E-state index in [-0.39, 0.29) is 5.82 Å². The van der Waals surface area contributed by atoms with E-state index in [0.29, 0.717) is 12.6 Å². The highest BCUT2D eigenvalue weighted by Gasteiger charge is 2.24. The summed E-state index contributed by atoms with van der Waals surface area (Å²) in [5, 5.41) is 0. The summed E-state index contributed by atoms with van der Waals surface area (Å²) in [5.41, 5.74) is 1.85. The molecular formula is C18H23FN4. The van der Waals surface area contributed by atoms with Crippen LogP contribution in [0.25, 0.3) is 0 Å². The number of nitrogens with zero attached hydrogens (tertiary/aromatic N) is 4. The van der Waals surface area contributed by atoms with Gasteiger partial charge in [0, 0.05) is 50.7 Å². The molecule has 0 N–H and O–H groups in total. The molecule has 5 heteroatoms. The molecule has 0 aliphatic carbocycles. The minimum absolute atomic E-state index is 0.111. The van der Waals surface area contributed by atoms with E-state index in [1.54, 1.807) is 6.07 Å². The highest BCUT2D eigenvalue weighted by molar-refractivity contribution is 5.30. The van der Waals surface area contributed by atoms with Gasteiger partial charge in [0.25, 0.3) is 0 Å². The maximum atomic E-state index is 13.8. The van der Waals surface area contributed by atoms with Crippen LogP contribution in [0.4, 0.5) is 10.3 Å². The zero-order valence-electron chi connectivity index (χ0n) is 13.7. The standard InChI is InChI=1S/C18H23FN4/c1-14-11-20-18(21-12-14)22(2)16-7-9-23(10-8-16)13-15-5-3-4-6-17(15)19/h3-6,11-12,16H,7-10,13H2,1-2H3. The minimum atomic E-state index is -0.111. The molecule has 1 aromatic carbocycles. The summed E-state index contributed by atoms with van der Waals surface area (Å²) in [4.78, 5) is 13.3. The smallest absolute Gasteiger partial charge is 0.225 e. The number of aryl methyl sites for hydroxylation is 1. The van der Waals surface area contributed by atoms with Gasteiger partial charge in [-0.05, 0) is 31.4 Å². The van der Waals surface area contributed by atoms with Gasteiger partial charge < -0.3 is 4.90 Å². The van der Waals surface area contributed by atoms with Gasteiger partial charge in [-0.2, -0.15) is 0 Å². The number of anilines is 1. The van der Waals surface area contributed by atoms with Crippen molar-refractivity contribution in [2.45, 2.75) is 32.4 Å². The quantitative estimate of drug-likeness (QED) is 0.868. The van der Waals surface area contributed by atoms with Crippen molar-refractivity contribution in [3.8, 4) is 0 Å². The Morgan fingerprint density at radius 2 is 1.83 bits per heavy atom. The largest absolute Gasteiger partial charge is 0.341 e. The van der Waals surface area contributed by atoms with Crippen molar-refractivity contribution in [1.82, 2.24) is 14.9 Å². The molecule has 1 saturated heterocycles. The fourth-order valence-corrected chi connectivity index (χ4v) is 3.06. The number of benzene rings is 1. The van der Waals surface area contributed by atoms with E-state index in [9.17, 15) is 4.39 Å². The molecular weight excluding hydrogens is 291 g/mol. The van der Waals surface area contributed by atoms with Crippen molar-refractivity contribution in [2.24, 2.45) is 0 Å². The lowest BCUT2D eigenvalue weighted by atomic mass is 10.0. The molecule has 1 aliphatic rings. The van der Waals surface area contributed by atoms with Crippen molar-refractivity contribution in [1.29, 1.82) is 0 Å². The van der Waals surface area contributed by atoms with Gasteiger partial charge in [0.2, 0.25) is 5.95 Å². The summed E-state index contributed by atoms with van der Waals surface area (Å²) in [6, 6.07) is 7.47. The summed E-state index contributed by atoms with van der Waals surface area (Å²) in [7, 11) is 2.06. The Hall–Kier alpha value is -2.01. The lowest BCUT2D eigenvalue weighted by molar-refractivity contribution is 0.200. The molecule has 1 aliphatic heterocycles. The van der Waals surface area contributed by atoms with Gasteiger partial charge in [0.1, 0.15) is 5.82 Å². The molecule has 0 radical (unpaired) electrons. The Balaban J connectivity index is 1.56. The highest BCUT2D eigenvalue weighted by Crippen LogP contribution is 2.21. The molecule has 4 nitrogen and oxygen atoms in total. The third-order valence-electron chi connectivity index (χ3n) is 4.54. The van der Waals surface area contributed by atoms with E-state index in [1.165, 1.54) is 6.07 Å². The predicted molar refractivity (Wildman–Crippen MR) is 89.9 cm³/mol. The van der Waals surface area contributed by atoms with Crippen LogP contribution >= 0.6 is 0 Å². The van der Waals surface area contributed by atoms with Crippen molar-refractivity contribution in [3.05, 3.63) is 53.6 Å². The highest BCUT2D eigenvalue weighted by atomic mass is 19.1. The van der Waals surface area contributed by atoms with Gasteiger partial charge in [-0.25, -0.2) is 14.4 Å². The van der Waals surface area contributed by atoms with Gasteiger partial charge in [-0.3, -0.25) is 4.90 Å². The molecule has 0 bridgehead atoms. The number of piperidine rings is 1. The minimum Gasteiger partial charge on any atom is -0.341 e. The molecule has 0 saturated carbocycles. The van der Waals surface area contributed by atoms with Crippen LogP contribution in [0.5, 0.6) is 0 Å². The van der Waals surface area contributed by atoms with Crippen molar-refractivity contribution >= 4 is 5.95 Å². The van der Waals surface area contributed by atoms with Gasteiger partial charge in [0.15, 0.2) is 0 Å². The van der Waals surface area contributed by atoms with E-state index in [2.05, 4.69) is 26.8 Å². The number of hydrogen-bond acceptors (Lipinski definition) is 4. The zero-order chi connectivity index (χ0) is 16.2. The van der Waals surface area contributed by atoms with Crippen LogP contribution in [-0.2, 0) is 6.54 Å². The first kappa shape index (κ1) is 15.9. The average Bonchev–Trinajstić information content (AvgIpc) is 2.58. The number of hydrogen-bond donors (Lipinski definition) is 0. The first-order valence-electron chi connectivity index (χ1n) is 8.11. The topological polar surface area (TPSA) is 32.3 Å². The van der Waals surface area contributed by atoms with Gasteiger partial charge in [0.05, 0.1) is 0 Å². The zero-order valence-corrected chi connectivity index (χ0v) is 13.7. The number of halogens is 1. The van der Waals surface area contributed by atoms with Crippen molar-refractivity contribution in [2.75, 3.05) is 25.0 Å². The van der Waals surface area contributed by atoms with Crippen LogP contribution < -0.4 is 4.90 Å². The van der Waals surface area contributed by atoms with Gasteiger partial charge in [-0.15, -0.1) is 0 Å². The maximum Gasteiger partial charge on any atom is 0.225 e.